The summed E-state index contributed by atoms with van der Waals surface area (Å²) in [6.07, 6.45) is 1.84. The van der Waals surface area contributed by atoms with Crippen molar-refractivity contribution >= 4 is 11.5 Å². The van der Waals surface area contributed by atoms with Gasteiger partial charge in [-0.25, -0.2) is 4.39 Å². The van der Waals surface area contributed by atoms with Gasteiger partial charge in [0.05, 0.1) is 11.6 Å². The molecule has 2 rings (SSSR count). The largest absolute Gasteiger partial charge is 0.339 e. The Balaban J connectivity index is 2.23. The molecule has 2 aromatic rings. The summed E-state index contributed by atoms with van der Waals surface area (Å²) in [5, 5.41) is 16.0. The van der Waals surface area contributed by atoms with E-state index in [2.05, 4.69) is 10.4 Å². The van der Waals surface area contributed by atoms with Gasteiger partial charge in [0.2, 0.25) is 0 Å². The van der Waals surface area contributed by atoms with Crippen molar-refractivity contribution in [2.24, 2.45) is 0 Å². The molecule has 0 amide bonds. The predicted octanol–water partition coefficient (Wildman–Crippen LogP) is 3.22. The highest BCUT2D eigenvalue weighted by Gasteiger charge is 2.04. The van der Waals surface area contributed by atoms with Crippen molar-refractivity contribution in [1.82, 2.24) is 9.78 Å². The van der Waals surface area contributed by atoms with Gasteiger partial charge in [-0.2, -0.15) is 10.4 Å². The van der Waals surface area contributed by atoms with Gasteiger partial charge in [0.25, 0.3) is 0 Å². The van der Waals surface area contributed by atoms with Crippen molar-refractivity contribution in [3.63, 3.8) is 0 Å². The fourth-order valence-electron chi connectivity index (χ4n) is 1.57. The fraction of sp³-hybridized carbons (Fsp3) is 0.231. The minimum Gasteiger partial charge on any atom is -0.339 e. The molecule has 0 saturated heterocycles. The molecule has 0 saturated carbocycles. The van der Waals surface area contributed by atoms with Crippen LogP contribution in [0.25, 0.3) is 0 Å². The van der Waals surface area contributed by atoms with Crippen LogP contribution >= 0.6 is 0 Å². The van der Waals surface area contributed by atoms with Gasteiger partial charge in [-0.1, -0.05) is 0 Å². The van der Waals surface area contributed by atoms with Gasteiger partial charge < -0.3 is 5.32 Å². The highest BCUT2D eigenvalue weighted by molar-refractivity contribution is 5.58. The molecular formula is C13H13FN4. The van der Waals surface area contributed by atoms with E-state index < -0.39 is 5.82 Å². The summed E-state index contributed by atoms with van der Waals surface area (Å²) in [7, 11) is 0. The summed E-state index contributed by atoms with van der Waals surface area (Å²) in [6.45, 7) is 4.04. The highest BCUT2D eigenvalue weighted by Crippen LogP contribution is 2.18. The lowest BCUT2D eigenvalue weighted by Gasteiger charge is -2.05. The Bertz CT molecular complexity index is 595. The number of nitrogens with zero attached hydrogens (tertiary/aromatic N) is 3. The molecule has 0 aliphatic rings. The van der Waals surface area contributed by atoms with Crippen LogP contribution in [0.1, 0.15) is 25.5 Å². The van der Waals surface area contributed by atoms with Crippen molar-refractivity contribution in [1.29, 1.82) is 5.26 Å². The number of nitrogens with one attached hydrogen (secondary N) is 1. The van der Waals surface area contributed by atoms with Crippen LogP contribution in [0, 0.1) is 17.1 Å². The molecular weight excluding hydrogens is 231 g/mol. The van der Waals surface area contributed by atoms with Crippen LogP contribution in [0.4, 0.5) is 15.9 Å². The zero-order valence-corrected chi connectivity index (χ0v) is 10.2. The number of anilines is 2. The second-order valence-corrected chi connectivity index (χ2v) is 4.24. The first-order valence-corrected chi connectivity index (χ1v) is 5.61. The van der Waals surface area contributed by atoms with Crippen molar-refractivity contribution in [3.05, 3.63) is 41.8 Å². The molecule has 1 aromatic carbocycles. The predicted molar refractivity (Wildman–Crippen MR) is 67.0 cm³/mol. The van der Waals surface area contributed by atoms with Crippen LogP contribution in [0.15, 0.2) is 30.5 Å². The Hall–Kier alpha value is -2.35. The molecule has 0 radical (unpaired) electrons. The zero-order valence-electron chi connectivity index (χ0n) is 10.2. The normalized spacial score (nSPS) is 10.4. The molecule has 0 bridgehead atoms. The topological polar surface area (TPSA) is 53.6 Å². The second-order valence-electron chi connectivity index (χ2n) is 4.24. The van der Waals surface area contributed by atoms with Gasteiger partial charge in [0, 0.05) is 24.0 Å². The van der Waals surface area contributed by atoms with E-state index in [4.69, 9.17) is 5.26 Å². The quantitative estimate of drug-likeness (QED) is 0.901. The molecule has 1 N–H and O–H groups in total. The maximum atomic E-state index is 13.2. The van der Waals surface area contributed by atoms with Gasteiger partial charge in [-0.3, -0.25) is 4.68 Å². The van der Waals surface area contributed by atoms with Crippen molar-refractivity contribution in [3.8, 4) is 6.07 Å². The van der Waals surface area contributed by atoms with E-state index in [9.17, 15) is 4.39 Å². The Kier molecular flexibility index (Phi) is 3.28. The van der Waals surface area contributed by atoms with E-state index in [1.165, 1.54) is 12.1 Å². The van der Waals surface area contributed by atoms with Gasteiger partial charge in [-0.05, 0) is 32.0 Å². The van der Waals surface area contributed by atoms with E-state index in [0.29, 0.717) is 11.5 Å². The standard InChI is InChI=1S/C13H13FN4/c1-9(2)18-4-3-13(17-18)16-12-6-10(8-15)5-11(14)7-12/h3-7,9H,1-2H3,(H,16,17). The first kappa shape index (κ1) is 12.1. The molecule has 0 atom stereocenters. The molecule has 0 unspecified atom stereocenters. The molecule has 18 heavy (non-hydrogen) atoms. The van der Waals surface area contributed by atoms with Gasteiger partial charge in [-0.15, -0.1) is 0 Å². The Morgan fingerprint density at radius 1 is 1.39 bits per heavy atom. The first-order valence-electron chi connectivity index (χ1n) is 5.61. The van der Waals surface area contributed by atoms with Crippen LogP contribution < -0.4 is 5.32 Å². The van der Waals surface area contributed by atoms with Gasteiger partial charge in [0.15, 0.2) is 5.82 Å². The smallest absolute Gasteiger partial charge is 0.152 e. The van der Waals surface area contributed by atoms with Crippen molar-refractivity contribution in [2.45, 2.75) is 19.9 Å². The van der Waals surface area contributed by atoms with Gasteiger partial charge in [0.1, 0.15) is 5.82 Å². The minimum absolute atomic E-state index is 0.266. The summed E-state index contributed by atoms with van der Waals surface area (Å²) < 4.78 is 15.0. The SMILES string of the molecule is CC(C)n1ccc(Nc2cc(F)cc(C#N)c2)n1. The average molecular weight is 244 g/mol. The van der Waals surface area contributed by atoms with Crippen LogP contribution in [0.5, 0.6) is 0 Å². The summed E-state index contributed by atoms with van der Waals surface area (Å²) in [6, 6.07) is 8.08. The first-order chi connectivity index (χ1) is 8.58. The lowest BCUT2D eigenvalue weighted by Crippen LogP contribution is -2.02. The minimum atomic E-state index is -0.445. The Morgan fingerprint density at radius 3 is 2.78 bits per heavy atom. The van der Waals surface area contributed by atoms with E-state index in [-0.39, 0.29) is 11.6 Å². The Morgan fingerprint density at radius 2 is 2.17 bits per heavy atom. The molecule has 0 fully saturated rings. The maximum Gasteiger partial charge on any atom is 0.152 e. The van der Waals surface area contributed by atoms with Crippen LogP contribution in [0.3, 0.4) is 0 Å². The summed E-state index contributed by atoms with van der Waals surface area (Å²) >= 11 is 0. The van der Waals surface area contributed by atoms with Crippen molar-refractivity contribution < 1.29 is 4.39 Å². The average Bonchev–Trinajstić information content (AvgIpc) is 2.76. The Labute approximate surface area is 105 Å². The molecule has 0 aliphatic heterocycles. The number of benzene rings is 1. The summed E-state index contributed by atoms with van der Waals surface area (Å²) in [5.74, 6) is 0.179. The monoisotopic (exact) mass is 244 g/mol. The summed E-state index contributed by atoms with van der Waals surface area (Å²) in [5.41, 5.74) is 0.793. The van der Waals surface area contributed by atoms with Crippen LogP contribution in [0.2, 0.25) is 0 Å². The fourth-order valence-corrected chi connectivity index (χ4v) is 1.57. The number of aromatic nitrogens is 2. The van der Waals surface area contributed by atoms with Crippen LogP contribution in [-0.2, 0) is 0 Å². The third-order valence-corrected chi connectivity index (χ3v) is 2.44. The number of hydrogen-bond donors (Lipinski definition) is 1. The molecule has 0 aliphatic carbocycles. The third-order valence-electron chi connectivity index (χ3n) is 2.44. The lowest BCUT2D eigenvalue weighted by molar-refractivity contribution is 0.534. The molecule has 1 heterocycles. The maximum absolute atomic E-state index is 13.2. The molecule has 5 heteroatoms. The molecule has 4 nitrogen and oxygen atoms in total. The van der Waals surface area contributed by atoms with Gasteiger partial charge >= 0.3 is 0 Å². The van der Waals surface area contributed by atoms with Crippen molar-refractivity contribution in [2.75, 3.05) is 5.32 Å². The number of rotatable bonds is 3. The molecule has 0 spiro atoms. The van der Waals surface area contributed by atoms with Crippen LogP contribution in [-0.4, -0.2) is 9.78 Å². The highest BCUT2D eigenvalue weighted by atomic mass is 19.1. The zero-order chi connectivity index (χ0) is 13.1. The third kappa shape index (κ3) is 2.66. The summed E-state index contributed by atoms with van der Waals surface area (Å²) in [4.78, 5) is 0. The van der Waals surface area contributed by atoms with E-state index in [0.717, 1.165) is 0 Å². The lowest BCUT2D eigenvalue weighted by atomic mass is 10.2. The van der Waals surface area contributed by atoms with E-state index in [1.54, 1.807) is 16.8 Å². The van der Waals surface area contributed by atoms with E-state index >= 15 is 0 Å². The number of hydrogen-bond acceptors (Lipinski definition) is 3. The number of nitriles is 1. The van der Waals surface area contributed by atoms with E-state index in [1.807, 2.05) is 26.1 Å². The number of halogens is 1. The second kappa shape index (κ2) is 4.88. The molecule has 1 aromatic heterocycles. The molecule has 92 valence electrons.